The van der Waals surface area contributed by atoms with Gasteiger partial charge in [0.1, 0.15) is 5.69 Å². The molecule has 0 aliphatic carbocycles. The molecule has 0 spiro atoms. The summed E-state index contributed by atoms with van der Waals surface area (Å²) in [6.45, 7) is 0.0790. The summed E-state index contributed by atoms with van der Waals surface area (Å²) < 4.78 is 3.78. The third kappa shape index (κ3) is 1.74. The van der Waals surface area contributed by atoms with E-state index < -0.39 is 0 Å². The van der Waals surface area contributed by atoms with Crippen molar-refractivity contribution < 1.29 is 5.11 Å². The zero-order chi connectivity index (χ0) is 9.10. The molecule has 0 atom stereocenters. The fourth-order valence-corrected chi connectivity index (χ4v) is 1.54. The predicted octanol–water partition coefficient (Wildman–Crippen LogP) is 1.70. The molecule has 0 saturated carbocycles. The molecule has 2 rings (SSSR count). The van der Waals surface area contributed by atoms with Gasteiger partial charge >= 0.3 is 0 Å². The minimum absolute atomic E-state index is 0.0790. The van der Waals surface area contributed by atoms with E-state index in [9.17, 15) is 0 Å². The lowest BCUT2D eigenvalue weighted by molar-refractivity contribution is 0.282. The van der Waals surface area contributed by atoms with Crippen molar-refractivity contribution in [1.82, 2.24) is 9.59 Å². The van der Waals surface area contributed by atoms with Crippen molar-refractivity contribution in [3.05, 3.63) is 35.2 Å². The van der Waals surface area contributed by atoms with Crippen LogP contribution in [0.5, 0.6) is 0 Å². The van der Waals surface area contributed by atoms with Gasteiger partial charge in [0.05, 0.1) is 6.61 Å². The number of benzene rings is 1. The van der Waals surface area contributed by atoms with Gasteiger partial charge in [-0.1, -0.05) is 28.8 Å². The van der Waals surface area contributed by atoms with Crippen molar-refractivity contribution in [3.8, 4) is 11.3 Å². The molecule has 2 aromatic rings. The van der Waals surface area contributed by atoms with E-state index in [1.54, 1.807) is 0 Å². The van der Waals surface area contributed by atoms with Gasteiger partial charge in [0, 0.05) is 10.9 Å². The molecular formula is C9H8N2OS. The summed E-state index contributed by atoms with van der Waals surface area (Å²) >= 11 is 1.33. The van der Waals surface area contributed by atoms with Gasteiger partial charge in [-0.3, -0.25) is 0 Å². The largest absolute Gasteiger partial charge is 0.392 e. The second kappa shape index (κ2) is 3.64. The van der Waals surface area contributed by atoms with E-state index in [0.717, 1.165) is 16.8 Å². The SMILES string of the molecule is OCc1ccc(-c2csnn2)cc1. The normalized spacial score (nSPS) is 10.2. The lowest BCUT2D eigenvalue weighted by Gasteiger charge is -1.97. The maximum atomic E-state index is 8.83. The lowest BCUT2D eigenvalue weighted by atomic mass is 10.1. The molecule has 0 unspecified atom stereocenters. The van der Waals surface area contributed by atoms with Crippen molar-refractivity contribution in [2.24, 2.45) is 0 Å². The summed E-state index contributed by atoms with van der Waals surface area (Å²) in [5, 5.41) is 14.7. The first-order chi connectivity index (χ1) is 6.40. The van der Waals surface area contributed by atoms with Crippen molar-refractivity contribution in [3.63, 3.8) is 0 Å². The highest BCUT2D eigenvalue weighted by molar-refractivity contribution is 7.03. The second-order valence-corrected chi connectivity index (χ2v) is 3.26. The maximum Gasteiger partial charge on any atom is 0.105 e. The van der Waals surface area contributed by atoms with Crippen molar-refractivity contribution in [1.29, 1.82) is 0 Å². The van der Waals surface area contributed by atoms with Crippen LogP contribution < -0.4 is 0 Å². The standard InChI is InChI=1S/C9H8N2OS/c12-5-7-1-3-8(4-2-7)9-6-13-11-10-9/h1-4,6,12H,5H2. The van der Waals surface area contributed by atoms with E-state index >= 15 is 0 Å². The summed E-state index contributed by atoms with van der Waals surface area (Å²) in [5.74, 6) is 0. The third-order valence-electron chi connectivity index (χ3n) is 1.79. The fraction of sp³-hybridized carbons (Fsp3) is 0.111. The van der Waals surface area contributed by atoms with E-state index in [1.807, 2.05) is 29.6 Å². The molecule has 1 N–H and O–H groups in total. The summed E-state index contributed by atoms with van der Waals surface area (Å²) in [7, 11) is 0. The number of nitrogens with zero attached hydrogens (tertiary/aromatic N) is 2. The molecular weight excluding hydrogens is 184 g/mol. The zero-order valence-corrected chi connectivity index (χ0v) is 7.66. The maximum absolute atomic E-state index is 8.83. The average molecular weight is 192 g/mol. The summed E-state index contributed by atoms with van der Waals surface area (Å²) in [6, 6.07) is 7.63. The van der Waals surface area contributed by atoms with Crippen LogP contribution >= 0.6 is 11.5 Å². The molecule has 1 aromatic carbocycles. The van der Waals surface area contributed by atoms with Crippen LogP contribution in [0.4, 0.5) is 0 Å². The van der Waals surface area contributed by atoms with Crippen molar-refractivity contribution in [2.45, 2.75) is 6.61 Å². The third-order valence-corrected chi connectivity index (χ3v) is 2.30. The smallest absolute Gasteiger partial charge is 0.105 e. The Balaban J connectivity index is 2.33. The molecule has 0 aliphatic rings. The van der Waals surface area contributed by atoms with Gasteiger partial charge in [-0.15, -0.1) is 5.10 Å². The molecule has 1 heterocycles. The molecule has 66 valence electrons. The Labute approximate surface area is 79.8 Å². The summed E-state index contributed by atoms with van der Waals surface area (Å²) in [4.78, 5) is 0. The van der Waals surface area contributed by atoms with Gasteiger partial charge in [-0.25, -0.2) is 0 Å². The Morgan fingerprint density at radius 1 is 1.23 bits per heavy atom. The fourth-order valence-electron chi connectivity index (χ4n) is 1.07. The zero-order valence-electron chi connectivity index (χ0n) is 6.84. The topological polar surface area (TPSA) is 46.0 Å². The Kier molecular flexibility index (Phi) is 2.33. The minimum Gasteiger partial charge on any atom is -0.392 e. The first-order valence-electron chi connectivity index (χ1n) is 3.87. The first kappa shape index (κ1) is 8.34. The molecule has 13 heavy (non-hydrogen) atoms. The highest BCUT2D eigenvalue weighted by atomic mass is 32.1. The molecule has 0 aliphatic heterocycles. The van der Waals surface area contributed by atoms with Gasteiger partial charge in [0.25, 0.3) is 0 Å². The van der Waals surface area contributed by atoms with E-state index in [2.05, 4.69) is 9.59 Å². The summed E-state index contributed by atoms with van der Waals surface area (Å²) in [6.07, 6.45) is 0. The second-order valence-electron chi connectivity index (χ2n) is 2.65. The Bertz CT molecular complexity index is 369. The van der Waals surface area contributed by atoms with E-state index in [-0.39, 0.29) is 6.61 Å². The number of aromatic nitrogens is 2. The number of hydrogen-bond donors (Lipinski definition) is 1. The van der Waals surface area contributed by atoms with Gasteiger partial charge in [0.2, 0.25) is 0 Å². The predicted molar refractivity (Wildman–Crippen MR) is 51.3 cm³/mol. The van der Waals surface area contributed by atoms with Crippen LogP contribution in [0, 0.1) is 0 Å². The van der Waals surface area contributed by atoms with E-state index in [4.69, 9.17) is 5.11 Å². The van der Waals surface area contributed by atoms with Gasteiger partial charge in [-0.05, 0) is 17.1 Å². The lowest BCUT2D eigenvalue weighted by Crippen LogP contribution is -1.83. The molecule has 0 amide bonds. The van der Waals surface area contributed by atoms with Crippen LogP contribution in [0.15, 0.2) is 29.6 Å². The number of aliphatic hydroxyl groups excluding tert-OH is 1. The average Bonchev–Trinajstić information content (AvgIpc) is 2.71. The Hall–Kier alpha value is -1.26. The van der Waals surface area contributed by atoms with Crippen LogP contribution in [0.1, 0.15) is 5.56 Å². The van der Waals surface area contributed by atoms with E-state index in [1.165, 1.54) is 11.5 Å². The van der Waals surface area contributed by atoms with Crippen LogP contribution in [-0.4, -0.2) is 14.7 Å². The first-order valence-corrected chi connectivity index (χ1v) is 4.71. The molecule has 0 fully saturated rings. The van der Waals surface area contributed by atoms with Gasteiger partial charge < -0.3 is 5.11 Å². The van der Waals surface area contributed by atoms with Crippen molar-refractivity contribution >= 4 is 11.5 Å². The van der Waals surface area contributed by atoms with Gasteiger partial charge in [-0.2, -0.15) is 0 Å². The molecule has 4 heteroatoms. The quantitative estimate of drug-likeness (QED) is 0.787. The minimum atomic E-state index is 0.0790. The van der Waals surface area contributed by atoms with E-state index in [0.29, 0.717) is 0 Å². The Morgan fingerprint density at radius 2 is 2.00 bits per heavy atom. The molecule has 0 radical (unpaired) electrons. The monoisotopic (exact) mass is 192 g/mol. The number of aliphatic hydroxyl groups is 1. The summed E-state index contributed by atoms with van der Waals surface area (Å²) in [5.41, 5.74) is 2.83. The molecule has 3 nitrogen and oxygen atoms in total. The van der Waals surface area contributed by atoms with Crippen LogP contribution in [0.25, 0.3) is 11.3 Å². The molecule has 0 bridgehead atoms. The highest BCUT2D eigenvalue weighted by Crippen LogP contribution is 2.17. The van der Waals surface area contributed by atoms with Crippen LogP contribution in [-0.2, 0) is 6.61 Å². The van der Waals surface area contributed by atoms with Crippen LogP contribution in [0.3, 0.4) is 0 Å². The number of hydrogen-bond acceptors (Lipinski definition) is 4. The highest BCUT2D eigenvalue weighted by Gasteiger charge is 1.99. The van der Waals surface area contributed by atoms with Gasteiger partial charge in [0.15, 0.2) is 0 Å². The molecule has 0 saturated heterocycles. The van der Waals surface area contributed by atoms with Crippen molar-refractivity contribution in [2.75, 3.05) is 0 Å². The Morgan fingerprint density at radius 3 is 2.54 bits per heavy atom. The van der Waals surface area contributed by atoms with Crippen LogP contribution in [0.2, 0.25) is 0 Å². The number of rotatable bonds is 2. The molecule has 1 aromatic heterocycles.